The van der Waals surface area contributed by atoms with Crippen molar-refractivity contribution in [2.45, 2.75) is 44.9 Å². The first-order valence-electron chi connectivity index (χ1n) is 14.2. The van der Waals surface area contributed by atoms with Gasteiger partial charge in [-0.3, -0.25) is 9.59 Å². The normalized spacial score (nSPS) is 10.5. The van der Waals surface area contributed by atoms with Gasteiger partial charge >= 0.3 is 11.9 Å². The van der Waals surface area contributed by atoms with Crippen molar-refractivity contribution >= 4 is 26.5 Å². The van der Waals surface area contributed by atoms with E-state index in [2.05, 4.69) is 9.24 Å². The summed E-state index contributed by atoms with van der Waals surface area (Å²) in [6.45, 7) is 0. The van der Waals surface area contributed by atoms with Crippen molar-refractivity contribution in [2.75, 3.05) is 0 Å². The molecule has 1 unspecified atom stereocenters. The fraction of sp³-hybridized carbons (Fsp3) is 0.200. The van der Waals surface area contributed by atoms with E-state index in [4.69, 9.17) is 20.0 Å². The number of rotatable bonds is 12. The zero-order valence-corrected chi connectivity index (χ0v) is 25.3. The third-order valence-electron chi connectivity index (χ3n) is 6.99. The van der Waals surface area contributed by atoms with E-state index >= 15 is 0 Å². The predicted molar refractivity (Wildman–Crippen MR) is 166 cm³/mol. The van der Waals surface area contributed by atoms with Crippen LogP contribution in [0.3, 0.4) is 0 Å². The van der Waals surface area contributed by atoms with Gasteiger partial charge in [-0.1, -0.05) is 37.5 Å². The van der Waals surface area contributed by atoms with E-state index in [1.165, 1.54) is 36.4 Å². The number of esters is 2. The molecular weight excluding hydrogens is 600 g/mol. The first kappa shape index (κ1) is 32.9. The Labute approximate surface area is 261 Å². The third kappa shape index (κ3) is 9.01. The minimum atomic E-state index is -0.747. The molecule has 0 aliphatic rings. The van der Waals surface area contributed by atoms with Crippen LogP contribution in [0.25, 0.3) is 22.3 Å². The first-order chi connectivity index (χ1) is 21.7. The number of hydrogen-bond donors (Lipinski definition) is 0. The maximum Gasteiger partial charge on any atom is 0.311 e. The van der Waals surface area contributed by atoms with Gasteiger partial charge in [-0.15, -0.1) is 9.24 Å². The highest BCUT2D eigenvalue weighted by atomic mass is 31.0. The van der Waals surface area contributed by atoms with E-state index in [9.17, 15) is 22.8 Å². The average molecular weight is 629 g/mol. The Morgan fingerprint density at radius 1 is 0.600 bits per heavy atom. The summed E-state index contributed by atoms with van der Waals surface area (Å²) < 4.78 is 53.2. The number of unbranched alkanes of at least 4 members (excludes halogenated alkanes) is 4. The van der Waals surface area contributed by atoms with Crippen molar-refractivity contribution < 1.29 is 32.2 Å². The van der Waals surface area contributed by atoms with Gasteiger partial charge < -0.3 is 9.47 Å². The minimum absolute atomic E-state index is 0.0316. The number of nitriles is 2. The summed E-state index contributed by atoms with van der Waals surface area (Å²) in [7, 11) is 2.54. The van der Waals surface area contributed by atoms with Crippen LogP contribution in [0.1, 0.15) is 56.1 Å². The van der Waals surface area contributed by atoms with Crippen LogP contribution >= 0.6 is 9.24 Å². The second-order valence-electron chi connectivity index (χ2n) is 10.2. The monoisotopic (exact) mass is 628 g/mol. The molecule has 0 aromatic heterocycles. The molecule has 4 aromatic carbocycles. The van der Waals surface area contributed by atoms with E-state index in [1.54, 1.807) is 36.4 Å². The number of halogens is 3. The lowest BCUT2D eigenvalue weighted by atomic mass is 10.0. The largest absolute Gasteiger partial charge is 0.427 e. The van der Waals surface area contributed by atoms with Crippen LogP contribution in [0.4, 0.5) is 13.2 Å². The number of nitrogens with zero attached hydrogens (tertiary/aromatic N) is 2. The summed E-state index contributed by atoms with van der Waals surface area (Å²) >= 11 is 0. The fourth-order valence-corrected chi connectivity index (χ4v) is 5.07. The highest BCUT2D eigenvalue weighted by Gasteiger charge is 2.13. The van der Waals surface area contributed by atoms with E-state index < -0.39 is 23.4 Å². The predicted octanol–water partition coefficient (Wildman–Crippen LogP) is 7.92. The highest BCUT2D eigenvalue weighted by molar-refractivity contribution is 7.28. The lowest BCUT2D eigenvalue weighted by Gasteiger charge is -2.10. The standard InChI is InChI=1S/C35H28F3N2O4P/c36-30-16-22(8-10-24(30)20-39)28-14-12-26(18-32(28)38)43-34(41)6-4-2-1-3-5-7-35(42)44-27-13-15-29(33(45)19-27)23-9-11-25(21-40)31(37)17-23/h8-19H,1-7,45H2. The SMILES string of the molecule is N#Cc1ccc(-c2ccc(OC(=O)CCCCCCCC(=O)Oc3ccc(-c4ccc(C#N)c(F)c4)c(P)c3)cc2F)cc1F. The van der Waals surface area contributed by atoms with Gasteiger partial charge in [0, 0.05) is 24.5 Å². The molecule has 10 heteroatoms. The zero-order chi connectivity index (χ0) is 32.3. The van der Waals surface area contributed by atoms with E-state index in [-0.39, 0.29) is 46.8 Å². The van der Waals surface area contributed by atoms with E-state index in [0.717, 1.165) is 37.0 Å². The van der Waals surface area contributed by atoms with Gasteiger partial charge in [0.2, 0.25) is 0 Å². The van der Waals surface area contributed by atoms with Crippen LogP contribution in [-0.4, -0.2) is 11.9 Å². The van der Waals surface area contributed by atoms with Crippen LogP contribution in [0, 0.1) is 40.1 Å². The maximum absolute atomic E-state index is 14.6. The Bertz CT molecular complexity index is 1680. The Hall–Kier alpha value is -4.98. The van der Waals surface area contributed by atoms with Gasteiger partial charge in [0.1, 0.15) is 41.1 Å². The number of carbonyl (C=O) groups excluding carboxylic acids is 2. The molecule has 0 spiro atoms. The topological polar surface area (TPSA) is 100 Å². The molecule has 1 atom stereocenters. The Kier molecular flexibility index (Phi) is 11.5. The van der Waals surface area contributed by atoms with Crippen molar-refractivity contribution in [1.82, 2.24) is 0 Å². The van der Waals surface area contributed by atoms with E-state index in [1.807, 2.05) is 0 Å². The zero-order valence-electron chi connectivity index (χ0n) is 24.1. The molecule has 0 aliphatic carbocycles. The minimum Gasteiger partial charge on any atom is -0.427 e. The number of carbonyl (C=O) groups is 2. The second kappa shape index (κ2) is 15.7. The quantitative estimate of drug-likeness (QED) is 0.0684. The molecule has 4 rings (SSSR count). The van der Waals surface area contributed by atoms with E-state index in [0.29, 0.717) is 29.5 Å². The molecule has 0 saturated heterocycles. The van der Waals surface area contributed by atoms with Crippen LogP contribution in [0.15, 0.2) is 72.8 Å². The molecule has 0 bridgehead atoms. The molecule has 228 valence electrons. The van der Waals surface area contributed by atoms with Crippen molar-refractivity contribution in [3.8, 4) is 45.9 Å². The molecule has 0 heterocycles. The van der Waals surface area contributed by atoms with Crippen LogP contribution in [0.5, 0.6) is 11.5 Å². The van der Waals surface area contributed by atoms with Gasteiger partial charge in [0.25, 0.3) is 0 Å². The Morgan fingerprint density at radius 3 is 1.53 bits per heavy atom. The lowest BCUT2D eigenvalue weighted by molar-refractivity contribution is -0.135. The summed E-state index contributed by atoms with van der Waals surface area (Å²) in [4.78, 5) is 24.5. The van der Waals surface area contributed by atoms with Crippen molar-refractivity contribution in [3.63, 3.8) is 0 Å². The van der Waals surface area contributed by atoms with Crippen LogP contribution in [-0.2, 0) is 9.59 Å². The molecule has 0 aliphatic heterocycles. The molecule has 0 fully saturated rings. The summed E-state index contributed by atoms with van der Waals surface area (Å²) in [5.41, 5.74) is 1.54. The van der Waals surface area contributed by atoms with Crippen molar-refractivity contribution in [2.24, 2.45) is 0 Å². The average Bonchev–Trinajstić information content (AvgIpc) is 3.00. The van der Waals surface area contributed by atoms with Crippen LogP contribution in [0.2, 0.25) is 0 Å². The molecule has 4 aromatic rings. The molecule has 0 N–H and O–H groups in total. The molecular formula is C35H28F3N2O4P. The fourth-order valence-electron chi connectivity index (χ4n) is 4.64. The lowest BCUT2D eigenvalue weighted by Crippen LogP contribution is -2.09. The highest BCUT2D eigenvalue weighted by Crippen LogP contribution is 2.28. The van der Waals surface area contributed by atoms with Crippen molar-refractivity contribution in [3.05, 3.63) is 101 Å². The molecule has 0 amide bonds. The summed E-state index contributed by atoms with van der Waals surface area (Å²) in [6, 6.07) is 20.6. The Balaban J connectivity index is 1.13. The molecule has 45 heavy (non-hydrogen) atoms. The smallest absolute Gasteiger partial charge is 0.311 e. The maximum atomic E-state index is 14.6. The summed E-state index contributed by atoms with van der Waals surface area (Å²) in [5, 5.41) is 18.5. The van der Waals surface area contributed by atoms with Gasteiger partial charge in [-0.2, -0.15) is 10.5 Å². The number of benzene rings is 4. The molecule has 0 saturated carbocycles. The first-order valence-corrected chi connectivity index (χ1v) is 14.8. The summed E-state index contributed by atoms with van der Waals surface area (Å²) in [5.74, 6) is -2.49. The van der Waals surface area contributed by atoms with Crippen molar-refractivity contribution in [1.29, 1.82) is 10.5 Å². The van der Waals surface area contributed by atoms with Gasteiger partial charge in [0.05, 0.1) is 11.1 Å². The number of ether oxygens (including phenoxy) is 2. The second-order valence-corrected chi connectivity index (χ2v) is 10.8. The summed E-state index contributed by atoms with van der Waals surface area (Å²) in [6.07, 6.45) is 3.88. The van der Waals surface area contributed by atoms with Gasteiger partial charge in [0.15, 0.2) is 0 Å². The number of hydrogen-bond acceptors (Lipinski definition) is 6. The third-order valence-corrected chi connectivity index (χ3v) is 7.47. The molecule has 0 radical (unpaired) electrons. The molecule has 6 nitrogen and oxygen atoms in total. The van der Waals surface area contributed by atoms with Gasteiger partial charge in [-0.05, 0) is 83.4 Å². The van der Waals surface area contributed by atoms with Crippen LogP contribution < -0.4 is 14.8 Å². The van der Waals surface area contributed by atoms with Gasteiger partial charge in [-0.25, -0.2) is 13.2 Å². The Morgan fingerprint density at radius 2 is 1.07 bits per heavy atom.